The van der Waals surface area contributed by atoms with Crippen molar-refractivity contribution in [1.82, 2.24) is 9.62 Å². The maximum absolute atomic E-state index is 11.4. The number of amides is 1. The Balaban J connectivity index is 0.000000461. The zero-order chi connectivity index (χ0) is 17.8. The number of hydrogen-bond acceptors (Lipinski definition) is 4. The molecule has 1 atom stereocenters. The molecule has 1 amide bonds. The molecule has 132 valence electrons. The first-order valence-electron chi connectivity index (χ1n) is 5.93. The number of nitrogens with one attached hydrogen (secondary N) is 2. The predicted molar refractivity (Wildman–Crippen MR) is 63.0 cm³/mol. The van der Waals surface area contributed by atoms with Crippen molar-refractivity contribution in [2.45, 2.75) is 18.6 Å². The van der Waals surface area contributed by atoms with E-state index in [2.05, 4.69) is 18.9 Å². The van der Waals surface area contributed by atoms with Crippen LogP contribution >= 0.6 is 0 Å². The first kappa shape index (κ1) is 20.9. The molecule has 13 heteroatoms. The van der Waals surface area contributed by atoms with Gasteiger partial charge in [-0.05, 0) is 14.0 Å². The van der Waals surface area contributed by atoms with Gasteiger partial charge < -0.3 is 4.90 Å². The molecule has 22 heavy (non-hydrogen) atoms. The van der Waals surface area contributed by atoms with Crippen LogP contribution in [0.15, 0.2) is 0 Å². The molecule has 0 aromatic rings. The van der Waals surface area contributed by atoms with Crippen LogP contribution < -0.4 is 9.62 Å². The minimum atomic E-state index is -6.30. The van der Waals surface area contributed by atoms with Gasteiger partial charge in [0.25, 0.3) is 0 Å². The summed E-state index contributed by atoms with van der Waals surface area (Å²) in [5.74, 6) is -3.20. The van der Waals surface area contributed by atoms with Gasteiger partial charge in [0.2, 0.25) is 0 Å². The Morgan fingerprint density at radius 1 is 1.23 bits per heavy atom. The lowest BCUT2D eigenvalue weighted by molar-refractivity contribution is -0.889. The molecule has 0 aliphatic carbocycles. The average Bonchev–Trinajstić information content (AvgIpc) is 2.72. The molecule has 0 saturated carbocycles. The molecule has 0 bridgehead atoms. The summed E-state index contributed by atoms with van der Waals surface area (Å²) in [5, 5.41) is 0. The maximum Gasteiger partial charge on any atom is 0.516 e. The summed E-state index contributed by atoms with van der Waals surface area (Å²) in [7, 11) is -4.12. The molecule has 1 saturated heterocycles. The van der Waals surface area contributed by atoms with Crippen molar-refractivity contribution in [3.05, 3.63) is 0 Å². The van der Waals surface area contributed by atoms with E-state index in [0.29, 0.717) is 0 Å². The highest BCUT2D eigenvalue weighted by Crippen LogP contribution is 2.23. The van der Waals surface area contributed by atoms with Crippen LogP contribution in [0.25, 0.3) is 0 Å². The monoisotopic (exact) mass is 360 g/mol. The molecular formula is C9H16F6N3O3S+. The average molecular weight is 360 g/mol. The topological polar surface area (TPSA) is 70.9 Å². The van der Waals surface area contributed by atoms with Crippen molar-refractivity contribution in [2.24, 2.45) is 0 Å². The first-order chi connectivity index (χ1) is 9.70. The third kappa shape index (κ3) is 6.79. The summed E-state index contributed by atoms with van der Waals surface area (Å²) < 4.78 is 87.9. The van der Waals surface area contributed by atoms with Gasteiger partial charge in [-0.3, -0.25) is 9.69 Å². The van der Waals surface area contributed by atoms with Crippen LogP contribution in [0.2, 0.25) is 0 Å². The van der Waals surface area contributed by atoms with Crippen LogP contribution in [0, 0.1) is 0 Å². The van der Waals surface area contributed by atoms with Gasteiger partial charge in [0.1, 0.15) is 6.67 Å². The lowest BCUT2D eigenvalue weighted by Crippen LogP contribution is -3.10. The molecule has 0 radical (unpaired) electrons. The van der Waals surface area contributed by atoms with Gasteiger partial charge in [0.15, 0.2) is 0 Å². The molecule has 1 rings (SSSR count). The molecule has 2 N–H and O–H groups in total. The summed E-state index contributed by atoms with van der Waals surface area (Å²) in [4.78, 5) is 13.9. The second kappa shape index (κ2) is 7.46. The third-order valence-corrected chi connectivity index (χ3v) is 3.69. The van der Waals surface area contributed by atoms with Gasteiger partial charge in [-0.2, -0.15) is 34.8 Å². The number of carbonyl (C=O) groups is 1. The highest BCUT2D eigenvalue weighted by Gasteiger charge is 2.51. The van der Waals surface area contributed by atoms with Gasteiger partial charge >= 0.3 is 27.6 Å². The Labute approximate surface area is 123 Å². The standard InChI is InChI=1S/C6H14N2.C3HF6NO3S/c1-3-8-5-4-7(2)6-8;4-2(5,6)1(11)10-14(12,13)3(7,8)9/h3-6H2,1-2H3;(H,10,11)/p+1. The minimum absolute atomic E-state index is 0.181. The summed E-state index contributed by atoms with van der Waals surface area (Å²) >= 11 is 0. The van der Waals surface area contributed by atoms with E-state index >= 15 is 0 Å². The Kier molecular flexibility index (Phi) is 7.09. The van der Waals surface area contributed by atoms with Crippen molar-refractivity contribution in [1.29, 1.82) is 0 Å². The van der Waals surface area contributed by atoms with Crippen LogP contribution in [0.3, 0.4) is 0 Å². The molecule has 0 aromatic heterocycles. The molecule has 6 nitrogen and oxygen atoms in total. The fourth-order valence-electron chi connectivity index (χ4n) is 1.42. The largest absolute Gasteiger partial charge is 0.516 e. The number of quaternary nitrogens is 1. The van der Waals surface area contributed by atoms with Crippen molar-refractivity contribution < 1.29 is 44.5 Å². The molecule has 0 spiro atoms. The Morgan fingerprint density at radius 2 is 1.73 bits per heavy atom. The minimum Gasteiger partial charge on any atom is -0.322 e. The number of halogens is 6. The highest BCUT2D eigenvalue weighted by molar-refractivity contribution is 7.90. The van der Waals surface area contributed by atoms with Gasteiger partial charge in [0, 0.05) is 0 Å². The summed E-state index contributed by atoms with van der Waals surface area (Å²) in [6.07, 6.45) is -5.70. The molecule has 1 heterocycles. The molecule has 1 unspecified atom stereocenters. The van der Waals surface area contributed by atoms with Crippen LogP contribution in [0.5, 0.6) is 0 Å². The van der Waals surface area contributed by atoms with E-state index in [4.69, 9.17) is 0 Å². The Morgan fingerprint density at radius 3 is 1.95 bits per heavy atom. The van der Waals surface area contributed by atoms with Gasteiger partial charge in [0.05, 0.1) is 19.6 Å². The molecular weight excluding hydrogens is 344 g/mol. The van der Waals surface area contributed by atoms with Crippen molar-refractivity contribution in [2.75, 3.05) is 33.4 Å². The lowest BCUT2D eigenvalue weighted by atomic mass is 10.6. The number of alkyl halides is 6. The van der Waals surface area contributed by atoms with Crippen LogP contribution in [0.4, 0.5) is 26.3 Å². The van der Waals surface area contributed by atoms with Crippen molar-refractivity contribution in [3.8, 4) is 0 Å². The summed E-state index contributed by atoms with van der Waals surface area (Å²) in [6, 6.07) is 0. The zero-order valence-electron chi connectivity index (χ0n) is 11.7. The Bertz CT molecular complexity index is 476. The maximum atomic E-state index is 11.4. The Hall–Kier alpha value is -1.08. The summed E-state index contributed by atoms with van der Waals surface area (Å²) in [6.45, 7) is 7.39. The number of likely N-dealkylation sites (N-methyl/N-ethyl adjacent to an activating group) is 2. The molecule has 1 aliphatic heterocycles. The SMILES string of the molecule is CC[NH+]1CCN(C)C1.O=C(NS(=O)(=O)C(F)(F)F)C(F)(F)F. The smallest absolute Gasteiger partial charge is 0.322 e. The van der Waals surface area contributed by atoms with E-state index in [0.717, 1.165) is 0 Å². The van der Waals surface area contributed by atoms with Crippen molar-refractivity contribution >= 4 is 15.9 Å². The van der Waals surface area contributed by atoms with Crippen LogP contribution in [-0.4, -0.2) is 64.3 Å². The first-order valence-corrected chi connectivity index (χ1v) is 7.41. The number of carbonyl (C=O) groups excluding carboxylic acids is 1. The van der Waals surface area contributed by atoms with E-state index in [1.165, 1.54) is 26.3 Å². The van der Waals surface area contributed by atoms with E-state index in [9.17, 15) is 39.6 Å². The third-order valence-electron chi connectivity index (χ3n) is 2.63. The van der Waals surface area contributed by atoms with Crippen LogP contribution in [-0.2, 0) is 14.8 Å². The van der Waals surface area contributed by atoms with E-state index in [1.54, 1.807) is 4.90 Å². The fraction of sp³-hybridized carbons (Fsp3) is 0.889. The van der Waals surface area contributed by atoms with Gasteiger partial charge in [-0.15, -0.1) is 0 Å². The molecule has 0 aromatic carbocycles. The molecule has 1 aliphatic rings. The van der Waals surface area contributed by atoms with Gasteiger partial charge in [-0.1, -0.05) is 0 Å². The number of nitrogens with zero attached hydrogens (tertiary/aromatic N) is 1. The normalized spacial score (nSPS) is 20.3. The fourth-order valence-corrected chi connectivity index (χ4v) is 1.89. The quantitative estimate of drug-likeness (QED) is 0.640. The number of hydrogen-bond donors (Lipinski definition) is 2. The second-order valence-corrected chi connectivity index (χ2v) is 6.14. The van der Waals surface area contributed by atoms with Crippen molar-refractivity contribution in [3.63, 3.8) is 0 Å². The number of rotatable bonds is 2. The lowest BCUT2D eigenvalue weighted by Gasteiger charge is -2.10. The van der Waals surface area contributed by atoms with Crippen LogP contribution in [0.1, 0.15) is 6.92 Å². The van der Waals surface area contributed by atoms with E-state index < -0.39 is 27.6 Å². The highest BCUT2D eigenvalue weighted by atomic mass is 32.2. The summed E-state index contributed by atoms with van der Waals surface area (Å²) in [5.41, 5.74) is -5.96. The zero-order valence-corrected chi connectivity index (χ0v) is 12.5. The van der Waals surface area contributed by atoms with E-state index in [1.807, 2.05) is 0 Å². The predicted octanol–water partition coefficient (Wildman–Crippen LogP) is -0.691. The molecule has 1 fully saturated rings. The number of sulfonamides is 1. The second-order valence-electron chi connectivity index (χ2n) is 4.47. The van der Waals surface area contributed by atoms with Gasteiger partial charge in [-0.25, -0.2) is 4.72 Å². The van der Waals surface area contributed by atoms with E-state index in [-0.39, 0.29) is 4.72 Å².